The summed E-state index contributed by atoms with van der Waals surface area (Å²) < 4.78 is 11.1. The van der Waals surface area contributed by atoms with Gasteiger partial charge in [-0.25, -0.2) is 4.79 Å². The Morgan fingerprint density at radius 1 is 1.30 bits per heavy atom. The average Bonchev–Trinajstić information content (AvgIpc) is 2.35. The third-order valence-electron chi connectivity index (χ3n) is 2.63. The first kappa shape index (κ1) is 16.3. The average molecular weight is 276 g/mol. The topological polar surface area (TPSA) is 35.5 Å². The normalized spacial score (nSPS) is 13.2. The van der Waals surface area contributed by atoms with Crippen LogP contribution < -0.4 is 4.74 Å². The second-order valence-electron chi connectivity index (χ2n) is 5.74. The zero-order valence-electron chi connectivity index (χ0n) is 13.0. The van der Waals surface area contributed by atoms with Crippen LogP contribution in [0.1, 0.15) is 46.6 Å². The van der Waals surface area contributed by atoms with Crippen molar-refractivity contribution in [3.05, 3.63) is 35.9 Å². The zero-order valence-corrected chi connectivity index (χ0v) is 13.0. The number of benzene rings is 1. The maximum absolute atomic E-state index is 11.6. The van der Waals surface area contributed by atoms with Crippen LogP contribution in [0.3, 0.4) is 0 Å². The van der Waals surface area contributed by atoms with Gasteiger partial charge in [0, 0.05) is 11.6 Å². The first-order valence-electron chi connectivity index (χ1n) is 6.98. The van der Waals surface area contributed by atoms with Gasteiger partial charge in [-0.1, -0.05) is 25.1 Å². The molecule has 0 fully saturated rings. The number of para-hydroxylation sites is 1. The Bertz CT molecular complexity index is 469. The second-order valence-corrected chi connectivity index (χ2v) is 5.74. The molecule has 0 aliphatic heterocycles. The van der Waals surface area contributed by atoms with Crippen molar-refractivity contribution >= 4 is 12.0 Å². The van der Waals surface area contributed by atoms with Crippen LogP contribution >= 0.6 is 0 Å². The van der Waals surface area contributed by atoms with Crippen molar-refractivity contribution in [2.24, 2.45) is 0 Å². The number of ether oxygens (including phenoxy) is 2. The van der Waals surface area contributed by atoms with Gasteiger partial charge in [0.05, 0.1) is 6.10 Å². The highest BCUT2D eigenvalue weighted by Crippen LogP contribution is 2.24. The summed E-state index contributed by atoms with van der Waals surface area (Å²) in [5, 5.41) is 0. The molecule has 0 N–H and O–H groups in total. The standard InChI is InChI=1S/C17H24O3/c1-6-13(2)19-16(18)12-11-14-9-7-8-10-15(14)20-17(3,4)5/h7-13H,6H2,1-5H3. The lowest BCUT2D eigenvalue weighted by Crippen LogP contribution is -2.23. The van der Waals surface area contributed by atoms with E-state index < -0.39 is 0 Å². The van der Waals surface area contributed by atoms with Crippen LogP contribution in [-0.4, -0.2) is 17.7 Å². The van der Waals surface area contributed by atoms with Crippen LogP contribution in [0.5, 0.6) is 5.75 Å². The number of carbonyl (C=O) groups is 1. The molecular formula is C17H24O3. The molecule has 0 aliphatic rings. The summed E-state index contributed by atoms with van der Waals surface area (Å²) in [6, 6.07) is 7.63. The summed E-state index contributed by atoms with van der Waals surface area (Å²) in [7, 11) is 0. The SMILES string of the molecule is CCC(C)OC(=O)C=Cc1ccccc1OC(C)(C)C. The Labute approximate surface area is 121 Å². The molecule has 0 saturated carbocycles. The first-order chi connectivity index (χ1) is 9.31. The van der Waals surface area contributed by atoms with Gasteiger partial charge in [-0.15, -0.1) is 0 Å². The summed E-state index contributed by atoms with van der Waals surface area (Å²) in [5.74, 6) is 0.428. The molecule has 0 bridgehead atoms. The number of esters is 1. The zero-order chi connectivity index (χ0) is 15.2. The predicted octanol–water partition coefficient (Wildman–Crippen LogP) is 4.22. The van der Waals surface area contributed by atoms with Gasteiger partial charge in [0.2, 0.25) is 0 Å². The molecule has 3 heteroatoms. The fourth-order valence-corrected chi connectivity index (χ4v) is 1.52. The highest BCUT2D eigenvalue weighted by molar-refractivity contribution is 5.87. The molecule has 1 rings (SSSR count). The number of hydrogen-bond acceptors (Lipinski definition) is 3. The molecule has 1 atom stereocenters. The Hall–Kier alpha value is -1.77. The number of hydrogen-bond donors (Lipinski definition) is 0. The molecule has 110 valence electrons. The summed E-state index contributed by atoms with van der Waals surface area (Å²) >= 11 is 0. The molecule has 1 aromatic rings. The summed E-state index contributed by atoms with van der Waals surface area (Å²) in [6.45, 7) is 9.83. The van der Waals surface area contributed by atoms with Crippen LogP contribution in [0.25, 0.3) is 6.08 Å². The summed E-state index contributed by atoms with van der Waals surface area (Å²) in [4.78, 5) is 11.6. The van der Waals surface area contributed by atoms with Gasteiger partial charge in [-0.05, 0) is 46.3 Å². The van der Waals surface area contributed by atoms with Crippen molar-refractivity contribution in [3.63, 3.8) is 0 Å². The highest BCUT2D eigenvalue weighted by atomic mass is 16.5. The van der Waals surface area contributed by atoms with Crippen LogP contribution in [-0.2, 0) is 9.53 Å². The van der Waals surface area contributed by atoms with Gasteiger partial charge in [0.25, 0.3) is 0 Å². The Balaban J connectivity index is 2.79. The molecule has 3 nitrogen and oxygen atoms in total. The molecule has 0 spiro atoms. The maximum Gasteiger partial charge on any atom is 0.331 e. The third-order valence-corrected chi connectivity index (χ3v) is 2.63. The van der Waals surface area contributed by atoms with E-state index in [1.807, 2.05) is 58.9 Å². The van der Waals surface area contributed by atoms with Crippen molar-refractivity contribution in [2.45, 2.75) is 52.7 Å². The highest BCUT2D eigenvalue weighted by Gasteiger charge is 2.13. The van der Waals surface area contributed by atoms with Crippen LogP contribution in [0, 0.1) is 0 Å². The summed E-state index contributed by atoms with van der Waals surface area (Å²) in [6.07, 6.45) is 3.92. The molecule has 0 amide bonds. The monoisotopic (exact) mass is 276 g/mol. The minimum atomic E-state index is -0.329. The van der Waals surface area contributed by atoms with Crippen molar-refractivity contribution < 1.29 is 14.3 Å². The minimum absolute atomic E-state index is 0.0618. The molecule has 1 unspecified atom stereocenters. The Kier molecular flexibility index (Phi) is 5.81. The molecule has 1 aromatic carbocycles. The van der Waals surface area contributed by atoms with Crippen molar-refractivity contribution in [1.82, 2.24) is 0 Å². The van der Waals surface area contributed by atoms with E-state index in [-0.39, 0.29) is 17.7 Å². The van der Waals surface area contributed by atoms with Crippen LogP contribution in [0.2, 0.25) is 0 Å². The van der Waals surface area contributed by atoms with Crippen LogP contribution in [0.4, 0.5) is 0 Å². The van der Waals surface area contributed by atoms with Gasteiger partial charge < -0.3 is 9.47 Å². The maximum atomic E-state index is 11.6. The smallest absolute Gasteiger partial charge is 0.331 e. The molecule has 20 heavy (non-hydrogen) atoms. The molecule has 0 aromatic heterocycles. The Morgan fingerprint density at radius 2 is 1.95 bits per heavy atom. The van der Waals surface area contributed by atoms with E-state index in [0.717, 1.165) is 17.7 Å². The fourth-order valence-electron chi connectivity index (χ4n) is 1.52. The first-order valence-corrected chi connectivity index (χ1v) is 6.98. The lowest BCUT2D eigenvalue weighted by Gasteiger charge is -2.22. The molecule has 0 heterocycles. The second kappa shape index (κ2) is 7.13. The largest absolute Gasteiger partial charge is 0.488 e. The molecule has 0 aliphatic carbocycles. The van der Waals surface area contributed by atoms with E-state index >= 15 is 0 Å². The number of rotatable bonds is 5. The van der Waals surface area contributed by atoms with Crippen LogP contribution in [0.15, 0.2) is 30.3 Å². The third kappa shape index (κ3) is 5.91. The van der Waals surface area contributed by atoms with E-state index in [0.29, 0.717) is 0 Å². The van der Waals surface area contributed by atoms with E-state index in [4.69, 9.17) is 9.47 Å². The van der Waals surface area contributed by atoms with Crippen molar-refractivity contribution in [2.75, 3.05) is 0 Å². The van der Waals surface area contributed by atoms with Crippen molar-refractivity contribution in [3.8, 4) is 5.75 Å². The molecular weight excluding hydrogens is 252 g/mol. The summed E-state index contributed by atoms with van der Waals surface area (Å²) in [5.41, 5.74) is 0.588. The van der Waals surface area contributed by atoms with E-state index in [2.05, 4.69) is 0 Å². The quantitative estimate of drug-likeness (QED) is 0.596. The van der Waals surface area contributed by atoms with Gasteiger partial charge in [-0.2, -0.15) is 0 Å². The van der Waals surface area contributed by atoms with E-state index in [9.17, 15) is 4.79 Å². The fraction of sp³-hybridized carbons (Fsp3) is 0.471. The van der Waals surface area contributed by atoms with E-state index in [1.54, 1.807) is 6.08 Å². The Morgan fingerprint density at radius 3 is 2.55 bits per heavy atom. The lowest BCUT2D eigenvalue weighted by atomic mass is 10.1. The van der Waals surface area contributed by atoms with Gasteiger partial charge >= 0.3 is 5.97 Å². The lowest BCUT2D eigenvalue weighted by molar-refractivity contribution is -0.142. The van der Waals surface area contributed by atoms with Gasteiger partial charge in [0.1, 0.15) is 11.4 Å². The molecule has 0 saturated heterocycles. The molecule has 0 radical (unpaired) electrons. The van der Waals surface area contributed by atoms with Gasteiger partial charge in [-0.3, -0.25) is 0 Å². The van der Waals surface area contributed by atoms with Crippen molar-refractivity contribution in [1.29, 1.82) is 0 Å². The minimum Gasteiger partial charge on any atom is -0.488 e. The number of carbonyl (C=O) groups excluding carboxylic acids is 1. The van der Waals surface area contributed by atoms with E-state index in [1.165, 1.54) is 6.08 Å². The predicted molar refractivity (Wildman–Crippen MR) is 81.7 cm³/mol. The van der Waals surface area contributed by atoms with Gasteiger partial charge in [0.15, 0.2) is 0 Å².